The number of urea groups is 1. The Morgan fingerprint density at radius 3 is 2.77 bits per heavy atom. The Bertz CT molecular complexity index is 636. The molecule has 0 radical (unpaired) electrons. The summed E-state index contributed by atoms with van der Waals surface area (Å²) in [6.45, 7) is 5.86. The maximum absolute atomic E-state index is 12.0. The predicted octanol–water partition coefficient (Wildman–Crippen LogP) is 1.64. The zero-order valence-electron chi connectivity index (χ0n) is 13.2. The number of carbonyl (C=O) groups excluding carboxylic acids is 1. The standard InChI is InChI=1S/C15H23N5O2/c1-4-15(22,5-2)10-16-14(21)17-11(3)13-19-18-12-8-6-7-9-20(12)13/h6-9,11,22H,4-5,10H2,1-3H3,(H2,16,17,21). The number of aromatic nitrogens is 3. The van der Waals surface area contributed by atoms with E-state index in [2.05, 4.69) is 20.8 Å². The van der Waals surface area contributed by atoms with Gasteiger partial charge in [0.2, 0.25) is 0 Å². The minimum atomic E-state index is -0.859. The normalized spacial score (nSPS) is 13.1. The number of fused-ring (bicyclic) bond motifs is 1. The molecule has 2 rings (SSSR count). The summed E-state index contributed by atoms with van der Waals surface area (Å²) in [6, 6.07) is 4.99. The minimum absolute atomic E-state index is 0.221. The first-order chi connectivity index (χ1) is 10.5. The first kappa shape index (κ1) is 16.2. The van der Waals surface area contributed by atoms with Crippen LogP contribution in [0.15, 0.2) is 24.4 Å². The quantitative estimate of drug-likeness (QED) is 0.756. The Balaban J connectivity index is 1.97. The van der Waals surface area contributed by atoms with Crippen LogP contribution in [0, 0.1) is 0 Å². The fourth-order valence-electron chi connectivity index (χ4n) is 2.21. The lowest BCUT2D eigenvalue weighted by atomic mass is 9.98. The van der Waals surface area contributed by atoms with E-state index in [1.54, 1.807) is 0 Å². The zero-order chi connectivity index (χ0) is 16.2. The second-order valence-corrected chi connectivity index (χ2v) is 5.47. The van der Waals surface area contributed by atoms with Crippen molar-refractivity contribution < 1.29 is 9.90 Å². The van der Waals surface area contributed by atoms with Gasteiger partial charge in [0, 0.05) is 12.7 Å². The number of hydrogen-bond donors (Lipinski definition) is 3. The van der Waals surface area contributed by atoms with E-state index in [-0.39, 0.29) is 18.6 Å². The second-order valence-electron chi connectivity index (χ2n) is 5.47. The molecule has 120 valence electrons. The molecule has 2 amide bonds. The van der Waals surface area contributed by atoms with Crippen LogP contribution in [-0.4, -0.2) is 37.9 Å². The molecule has 2 aromatic heterocycles. The van der Waals surface area contributed by atoms with Gasteiger partial charge in [0.05, 0.1) is 11.6 Å². The highest BCUT2D eigenvalue weighted by atomic mass is 16.3. The van der Waals surface area contributed by atoms with Crippen LogP contribution in [0.5, 0.6) is 0 Å². The van der Waals surface area contributed by atoms with Gasteiger partial charge in [-0.2, -0.15) is 0 Å². The molecule has 0 aromatic carbocycles. The SMILES string of the molecule is CCC(O)(CC)CNC(=O)NC(C)c1nnc2ccccn12. The van der Waals surface area contributed by atoms with Crippen molar-refractivity contribution in [2.75, 3.05) is 6.54 Å². The van der Waals surface area contributed by atoms with Crippen LogP contribution in [-0.2, 0) is 0 Å². The molecular formula is C15H23N5O2. The maximum atomic E-state index is 12.0. The summed E-state index contributed by atoms with van der Waals surface area (Å²) in [5.74, 6) is 0.659. The van der Waals surface area contributed by atoms with Gasteiger partial charge in [0.1, 0.15) is 0 Å². The third-order valence-electron chi connectivity index (χ3n) is 3.97. The van der Waals surface area contributed by atoms with Crippen molar-refractivity contribution in [1.29, 1.82) is 0 Å². The van der Waals surface area contributed by atoms with E-state index in [1.807, 2.05) is 49.6 Å². The smallest absolute Gasteiger partial charge is 0.315 e. The van der Waals surface area contributed by atoms with Gasteiger partial charge < -0.3 is 15.7 Å². The summed E-state index contributed by atoms with van der Waals surface area (Å²) in [5.41, 5.74) is -0.125. The topological polar surface area (TPSA) is 91.5 Å². The molecule has 1 unspecified atom stereocenters. The van der Waals surface area contributed by atoms with E-state index in [0.29, 0.717) is 18.7 Å². The van der Waals surface area contributed by atoms with Crippen molar-refractivity contribution in [2.24, 2.45) is 0 Å². The molecule has 0 aliphatic rings. The number of nitrogens with zero attached hydrogens (tertiary/aromatic N) is 3. The highest BCUT2D eigenvalue weighted by molar-refractivity contribution is 5.74. The number of pyridine rings is 1. The minimum Gasteiger partial charge on any atom is -0.388 e. The molecule has 3 N–H and O–H groups in total. The summed E-state index contributed by atoms with van der Waals surface area (Å²) in [5, 5.41) is 23.9. The zero-order valence-corrected chi connectivity index (χ0v) is 13.2. The van der Waals surface area contributed by atoms with Crippen LogP contribution < -0.4 is 10.6 Å². The monoisotopic (exact) mass is 305 g/mol. The average Bonchev–Trinajstić information content (AvgIpc) is 2.96. The maximum Gasteiger partial charge on any atom is 0.315 e. The summed E-state index contributed by atoms with van der Waals surface area (Å²) < 4.78 is 1.83. The Hall–Kier alpha value is -2.15. The van der Waals surface area contributed by atoms with E-state index in [1.165, 1.54) is 0 Å². The number of rotatable bonds is 6. The van der Waals surface area contributed by atoms with Gasteiger partial charge in [-0.1, -0.05) is 19.9 Å². The van der Waals surface area contributed by atoms with Crippen LogP contribution in [0.25, 0.3) is 5.65 Å². The van der Waals surface area contributed by atoms with Gasteiger partial charge in [0.25, 0.3) is 0 Å². The van der Waals surface area contributed by atoms with Crippen LogP contribution in [0.4, 0.5) is 4.79 Å². The molecule has 0 fully saturated rings. The molecule has 0 saturated heterocycles. The molecule has 0 aliphatic carbocycles. The molecule has 0 spiro atoms. The lowest BCUT2D eigenvalue weighted by Crippen LogP contribution is -2.46. The molecule has 2 heterocycles. The highest BCUT2D eigenvalue weighted by Gasteiger charge is 2.23. The first-order valence-electron chi connectivity index (χ1n) is 7.55. The van der Waals surface area contributed by atoms with Gasteiger partial charge in [-0.15, -0.1) is 10.2 Å². The van der Waals surface area contributed by atoms with E-state index in [9.17, 15) is 9.90 Å². The van der Waals surface area contributed by atoms with Crippen LogP contribution in [0.1, 0.15) is 45.5 Å². The van der Waals surface area contributed by atoms with Crippen molar-refractivity contribution in [3.63, 3.8) is 0 Å². The number of amides is 2. The number of aliphatic hydroxyl groups is 1. The second kappa shape index (κ2) is 6.74. The molecule has 22 heavy (non-hydrogen) atoms. The van der Waals surface area contributed by atoms with Crippen LogP contribution in [0.2, 0.25) is 0 Å². The molecule has 0 saturated carbocycles. The van der Waals surface area contributed by atoms with Crippen molar-refractivity contribution in [3.05, 3.63) is 30.2 Å². The van der Waals surface area contributed by atoms with E-state index in [4.69, 9.17) is 0 Å². The molecule has 0 aliphatic heterocycles. The lowest BCUT2D eigenvalue weighted by Gasteiger charge is -2.25. The summed E-state index contributed by atoms with van der Waals surface area (Å²) in [6.07, 6.45) is 3.04. The molecule has 0 bridgehead atoms. The Morgan fingerprint density at radius 1 is 1.36 bits per heavy atom. The molecule has 7 nitrogen and oxygen atoms in total. The fraction of sp³-hybridized carbons (Fsp3) is 0.533. The molecular weight excluding hydrogens is 282 g/mol. The van der Waals surface area contributed by atoms with Crippen molar-refractivity contribution >= 4 is 11.7 Å². The van der Waals surface area contributed by atoms with Gasteiger partial charge in [-0.25, -0.2) is 4.79 Å². The van der Waals surface area contributed by atoms with Gasteiger partial charge in [-0.05, 0) is 31.9 Å². The third-order valence-corrected chi connectivity index (χ3v) is 3.97. The van der Waals surface area contributed by atoms with Gasteiger partial charge in [-0.3, -0.25) is 4.40 Å². The summed E-state index contributed by atoms with van der Waals surface area (Å²) >= 11 is 0. The van der Waals surface area contributed by atoms with Crippen LogP contribution in [0.3, 0.4) is 0 Å². The van der Waals surface area contributed by atoms with Gasteiger partial charge in [0.15, 0.2) is 11.5 Å². The first-order valence-corrected chi connectivity index (χ1v) is 7.55. The fourth-order valence-corrected chi connectivity index (χ4v) is 2.21. The average molecular weight is 305 g/mol. The Kier molecular flexibility index (Phi) is 4.97. The summed E-state index contributed by atoms with van der Waals surface area (Å²) in [4.78, 5) is 12.0. The Labute approximate surface area is 129 Å². The van der Waals surface area contributed by atoms with Gasteiger partial charge >= 0.3 is 6.03 Å². The Morgan fingerprint density at radius 2 is 2.09 bits per heavy atom. The highest BCUT2D eigenvalue weighted by Crippen LogP contribution is 2.13. The van der Waals surface area contributed by atoms with Crippen LogP contribution >= 0.6 is 0 Å². The van der Waals surface area contributed by atoms with E-state index >= 15 is 0 Å². The number of hydrogen-bond acceptors (Lipinski definition) is 4. The van der Waals surface area contributed by atoms with Crippen molar-refractivity contribution in [1.82, 2.24) is 25.2 Å². The number of carbonyl (C=O) groups is 1. The lowest BCUT2D eigenvalue weighted by molar-refractivity contribution is 0.0348. The predicted molar refractivity (Wildman–Crippen MR) is 83.5 cm³/mol. The number of nitrogens with one attached hydrogen (secondary N) is 2. The third kappa shape index (κ3) is 3.54. The van der Waals surface area contributed by atoms with Crippen molar-refractivity contribution in [3.8, 4) is 0 Å². The molecule has 2 aromatic rings. The summed E-state index contributed by atoms with van der Waals surface area (Å²) in [7, 11) is 0. The van der Waals surface area contributed by atoms with E-state index in [0.717, 1.165) is 5.65 Å². The molecule has 7 heteroatoms. The molecule has 1 atom stereocenters. The van der Waals surface area contributed by atoms with Crippen molar-refractivity contribution in [2.45, 2.75) is 45.3 Å². The van der Waals surface area contributed by atoms with E-state index < -0.39 is 5.60 Å². The largest absolute Gasteiger partial charge is 0.388 e.